The quantitative estimate of drug-likeness (QED) is 0.870. The number of hydrogen-bond donors (Lipinski definition) is 1. The molecule has 1 aromatic rings. The number of carboxylic acid groups (broad SMARTS) is 1. The van der Waals surface area contributed by atoms with Crippen LogP contribution in [-0.4, -0.2) is 45.9 Å². The molecule has 0 amide bonds. The minimum atomic E-state index is -3.83. The van der Waals surface area contributed by atoms with Gasteiger partial charge >= 0.3 is 5.97 Å². The average molecular weight is 301 g/mol. The highest BCUT2D eigenvalue weighted by molar-refractivity contribution is 7.89. The number of carboxylic acids is 1. The maximum Gasteiger partial charge on any atom is 0.322 e. The highest BCUT2D eigenvalue weighted by Crippen LogP contribution is 2.25. The van der Waals surface area contributed by atoms with Gasteiger partial charge in [-0.1, -0.05) is 6.92 Å². The zero-order valence-corrected chi connectivity index (χ0v) is 12.4. The number of aryl methyl sites for hydroxylation is 2. The Morgan fingerprint density at radius 1 is 1.55 bits per heavy atom. The van der Waals surface area contributed by atoms with E-state index in [0.29, 0.717) is 25.2 Å². The van der Waals surface area contributed by atoms with Gasteiger partial charge in [-0.05, 0) is 26.2 Å². The topological polar surface area (TPSA) is 92.5 Å². The molecule has 0 bridgehead atoms. The Bertz CT molecular complexity index is 608. The van der Waals surface area contributed by atoms with Crippen LogP contribution < -0.4 is 0 Å². The van der Waals surface area contributed by atoms with Gasteiger partial charge in [0.25, 0.3) is 10.0 Å². The van der Waals surface area contributed by atoms with E-state index in [-0.39, 0.29) is 11.6 Å². The summed E-state index contributed by atoms with van der Waals surface area (Å²) in [7, 11) is -3.83. The van der Waals surface area contributed by atoms with Crippen LogP contribution in [-0.2, 0) is 21.4 Å². The summed E-state index contributed by atoms with van der Waals surface area (Å²) in [5, 5.41) is 9.05. The Kier molecular flexibility index (Phi) is 4.14. The van der Waals surface area contributed by atoms with E-state index >= 15 is 0 Å². The molecule has 1 fully saturated rings. The molecule has 7 nitrogen and oxygen atoms in total. The van der Waals surface area contributed by atoms with Crippen molar-refractivity contribution in [2.75, 3.05) is 6.54 Å². The standard InChI is InChI=1S/C12H19N3O4S/c1-3-6-14-8-11(13-9(14)2)20(18,19)15-7-4-5-10(15)12(16)17/h8,10H,3-7H2,1-2H3,(H,16,17)/t10-/m1/s1. The Labute approximate surface area is 118 Å². The molecule has 0 radical (unpaired) electrons. The molecule has 0 aliphatic carbocycles. The number of nitrogens with zero attached hydrogens (tertiary/aromatic N) is 3. The third-order valence-electron chi connectivity index (χ3n) is 3.48. The van der Waals surface area contributed by atoms with Gasteiger partial charge in [-0.25, -0.2) is 13.4 Å². The van der Waals surface area contributed by atoms with Crippen LogP contribution >= 0.6 is 0 Å². The normalized spacial score (nSPS) is 20.4. The summed E-state index contributed by atoms with van der Waals surface area (Å²) in [6, 6.07) is -0.975. The summed E-state index contributed by atoms with van der Waals surface area (Å²) in [6.45, 7) is 4.66. The summed E-state index contributed by atoms with van der Waals surface area (Å²) in [5.74, 6) is -0.479. The number of hydrogen-bond acceptors (Lipinski definition) is 4. The van der Waals surface area contributed by atoms with E-state index in [9.17, 15) is 13.2 Å². The van der Waals surface area contributed by atoms with Gasteiger partial charge in [0.2, 0.25) is 0 Å². The fourth-order valence-corrected chi connectivity index (χ4v) is 4.11. The van der Waals surface area contributed by atoms with Crippen LogP contribution in [0.4, 0.5) is 0 Å². The molecule has 0 aromatic carbocycles. The van der Waals surface area contributed by atoms with Crippen molar-refractivity contribution in [1.82, 2.24) is 13.9 Å². The van der Waals surface area contributed by atoms with Gasteiger partial charge in [0, 0.05) is 19.3 Å². The maximum absolute atomic E-state index is 12.5. The molecule has 0 spiro atoms. The first-order valence-corrected chi connectivity index (χ1v) is 8.10. The number of sulfonamides is 1. The van der Waals surface area contributed by atoms with E-state index in [0.717, 1.165) is 10.7 Å². The van der Waals surface area contributed by atoms with E-state index in [2.05, 4.69) is 4.98 Å². The Balaban J connectivity index is 2.35. The molecular weight excluding hydrogens is 282 g/mol. The van der Waals surface area contributed by atoms with Crippen molar-refractivity contribution in [3.05, 3.63) is 12.0 Å². The fourth-order valence-electron chi connectivity index (χ4n) is 2.47. The SMILES string of the molecule is CCCn1cc(S(=O)(=O)N2CCC[C@@H]2C(=O)O)nc1C. The van der Waals surface area contributed by atoms with Crippen LogP contribution in [0.15, 0.2) is 11.2 Å². The summed E-state index contributed by atoms with van der Waals surface area (Å²) < 4.78 is 27.8. The lowest BCUT2D eigenvalue weighted by Crippen LogP contribution is -2.40. The zero-order valence-electron chi connectivity index (χ0n) is 11.6. The third-order valence-corrected chi connectivity index (χ3v) is 5.26. The smallest absolute Gasteiger partial charge is 0.322 e. The first-order valence-electron chi connectivity index (χ1n) is 6.66. The summed E-state index contributed by atoms with van der Waals surface area (Å²) in [6.07, 6.45) is 3.28. The third kappa shape index (κ3) is 2.57. The Morgan fingerprint density at radius 3 is 2.85 bits per heavy atom. The molecule has 20 heavy (non-hydrogen) atoms. The van der Waals surface area contributed by atoms with Gasteiger partial charge in [0.15, 0.2) is 5.03 Å². The molecule has 1 N–H and O–H groups in total. The molecule has 8 heteroatoms. The van der Waals surface area contributed by atoms with Gasteiger partial charge < -0.3 is 9.67 Å². The van der Waals surface area contributed by atoms with E-state index < -0.39 is 22.0 Å². The molecule has 2 rings (SSSR count). The highest BCUT2D eigenvalue weighted by Gasteiger charge is 2.40. The number of rotatable bonds is 5. The van der Waals surface area contributed by atoms with Gasteiger partial charge in [-0.3, -0.25) is 4.79 Å². The van der Waals surface area contributed by atoms with Gasteiger partial charge in [0.1, 0.15) is 11.9 Å². The summed E-state index contributed by atoms with van der Waals surface area (Å²) in [4.78, 5) is 15.2. The molecule has 1 aliphatic heterocycles. The summed E-state index contributed by atoms with van der Waals surface area (Å²) in [5.41, 5.74) is 0. The van der Waals surface area contributed by atoms with Gasteiger partial charge in [0.05, 0.1) is 0 Å². The van der Waals surface area contributed by atoms with Crippen molar-refractivity contribution in [3.63, 3.8) is 0 Å². The number of carbonyl (C=O) groups is 1. The van der Waals surface area contributed by atoms with E-state index in [1.54, 1.807) is 11.5 Å². The van der Waals surface area contributed by atoms with Crippen LogP contribution in [0.1, 0.15) is 32.0 Å². The van der Waals surface area contributed by atoms with Crippen molar-refractivity contribution >= 4 is 16.0 Å². The molecule has 1 saturated heterocycles. The van der Waals surface area contributed by atoms with Crippen LogP contribution in [0, 0.1) is 6.92 Å². The number of imidazole rings is 1. The molecule has 1 aromatic heterocycles. The van der Waals surface area contributed by atoms with Crippen molar-refractivity contribution in [2.45, 2.75) is 50.7 Å². The van der Waals surface area contributed by atoms with Crippen molar-refractivity contribution in [1.29, 1.82) is 0 Å². The lowest BCUT2D eigenvalue weighted by molar-refractivity contribution is -0.140. The monoisotopic (exact) mass is 301 g/mol. The molecule has 0 unspecified atom stereocenters. The second-order valence-electron chi connectivity index (χ2n) is 4.93. The molecule has 2 heterocycles. The molecule has 0 saturated carbocycles. The largest absolute Gasteiger partial charge is 0.480 e. The van der Waals surface area contributed by atoms with Crippen molar-refractivity contribution in [2.24, 2.45) is 0 Å². The lowest BCUT2D eigenvalue weighted by atomic mass is 10.2. The Morgan fingerprint density at radius 2 is 2.25 bits per heavy atom. The number of aliphatic carboxylic acids is 1. The molecule has 1 atom stereocenters. The van der Waals surface area contributed by atoms with Crippen molar-refractivity contribution in [3.8, 4) is 0 Å². The second kappa shape index (κ2) is 5.53. The van der Waals surface area contributed by atoms with Gasteiger partial charge in [-0.15, -0.1) is 0 Å². The first kappa shape index (κ1) is 15.0. The predicted molar refractivity (Wildman–Crippen MR) is 71.8 cm³/mol. The first-order chi connectivity index (χ1) is 9.37. The number of aromatic nitrogens is 2. The van der Waals surface area contributed by atoms with Crippen LogP contribution in [0.5, 0.6) is 0 Å². The predicted octanol–water partition coefficient (Wildman–Crippen LogP) is 0.839. The van der Waals surface area contributed by atoms with Crippen LogP contribution in [0.25, 0.3) is 0 Å². The molecule has 112 valence electrons. The molecular formula is C12H19N3O4S. The lowest BCUT2D eigenvalue weighted by Gasteiger charge is -2.19. The second-order valence-corrected chi connectivity index (χ2v) is 6.77. The fraction of sp³-hybridized carbons (Fsp3) is 0.667. The van der Waals surface area contributed by atoms with Crippen LogP contribution in [0.2, 0.25) is 0 Å². The van der Waals surface area contributed by atoms with Gasteiger partial charge in [-0.2, -0.15) is 4.31 Å². The summed E-state index contributed by atoms with van der Waals surface area (Å²) >= 11 is 0. The van der Waals surface area contributed by atoms with E-state index in [1.807, 2.05) is 6.92 Å². The maximum atomic E-state index is 12.5. The average Bonchev–Trinajstić information content (AvgIpc) is 2.98. The minimum Gasteiger partial charge on any atom is -0.480 e. The zero-order chi connectivity index (χ0) is 14.9. The Hall–Kier alpha value is -1.41. The van der Waals surface area contributed by atoms with Crippen LogP contribution in [0.3, 0.4) is 0 Å². The minimum absolute atomic E-state index is 0.0587. The highest BCUT2D eigenvalue weighted by atomic mass is 32.2. The van der Waals surface area contributed by atoms with Crippen molar-refractivity contribution < 1.29 is 18.3 Å². The van der Waals surface area contributed by atoms with E-state index in [4.69, 9.17) is 5.11 Å². The molecule has 1 aliphatic rings. The van der Waals surface area contributed by atoms with E-state index in [1.165, 1.54) is 6.20 Å².